The molecule has 6 heteroatoms. The van der Waals surface area contributed by atoms with Crippen LogP contribution in [0.25, 0.3) is 0 Å². The van der Waals surface area contributed by atoms with Gasteiger partial charge in [0.1, 0.15) is 0 Å². The number of aliphatic hydroxyl groups excluding tert-OH is 1. The van der Waals surface area contributed by atoms with E-state index in [2.05, 4.69) is 29.0 Å². The van der Waals surface area contributed by atoms with E-state index < -0.39 is 10.0 Å². The topological polar surface area (TPSA) is 66.4 Å². The Kier molecular flexibility index (Phi) is 7.15. The second kappa shape index (κ2) is 9.40. The zero-order valence-corrected chi connectivity index (χ0v) is 17.6. The molecule has 3 rings (SSSR count). The van der Waals surface area contributed by atoms with Gasteiger partial charge < -0.3 is 5.11 Å². The van der Waals surface area contributed by atoms with Crippen LogP contribution in [0.5, 0.6) is 0 Å². The Balaban J connectivity index is 1.73. The first-order valence-corrected chi connectivity index (χ1v) is 11.7. The summed E-state index contributed by atoms with van der Waals surface area (Å²) in [6, 6.07) is 14.6. The SMILES string of the molecule is O=S(=O)(NCC1(Cc2ccc(CCO)cc2)CCCCC1)c1ccc(Cl)cc1. The van der Waals surface area contributed by atoms with Crippen LogP contribution in [-0.2, 0) is 22.9 Å². The third-order valence-corrected chi connectivity index (χ3v) is 7.35. The number of sulfonamides is 1. The molecule has 4 nitrogen and oxygen atoms in total. The van der Waals surface area contributed by atoms with Gasteiger partial charge >= 0.3 is 0 Å². The quantitative estimate of drug-likeness (QED) is 0.666. The van der Waals surface area contributed by atoms with Gasteiger partial charge in [0.2, 0.25) is 10.0 Å². The van der Waals surface area contributed by atoms with Crippen LogP contribution >= 0.6 is 11.6 Å². The molecule has 0 saturated heterocycles. The molecule has 0 amide bonds. The molecular weight excluding hydrogens is 394 g/mol. The minimum absolute atomic E-state index is 0.0593. The number of hydrogen-bond donors (Lipinski definition) is 2. The molecule has 0 unspecified atom stereocenters. The van der Waals surface area contributed by atoms with Gasteiger partial charge in [-0.25, -0.2) is 13.1 Å². The van der Waals surface area contributed by atoms with Crippen LogP contribution in [0.3, 0.4) is 0 Å². The summed E-state index contributed by atoms with van der Waals surface area (Å²) >= 11 is 5.87. The Morgan fingerprint density at radius 2 is 1.54 bits per heavy atom. The van der Waals surface area contributed by atoms with Crippen LogP contribution in [0.2, 0.25) is 5.02 Å². The molecule has 0 heterocycles. The summed E-state index contributed by atoms with van der Waals surface area (Å²) in [5.41, 5.74) is 2.28. The lowest BCUT2D eigenvalue weighted by atomic mass is 9.70. The van der Waals surface area contributed by atoms with E-state index in [1.807, 2.05) is 0 Å². The van der Waals surface area contributed by atoms with Crippen molar-refractivity contribution in [2.45, 2.75) is 49.8 Å². The maximum Gasteiger partial charge on any atom is 0.240 e. The van der Waals surface area contributed by atoms with Crippen LogP contribution in [-0.4, -0.2) is 26.7 Å². The Labute approximate surface area is 173 Å². The Morgan fingerprint density at radius 1 is 0.929 bits per heavy atom. The standard InChI is InChI=1S/C22H28ClNO3S/c23-20-8-10-21(11-9-20)28(26,27)24-17-22(13-2-1-3-14-22)16-19-6-4-18(5-7-19)12-15-25/h4-11,24-25H,1-3,12-17H2. The van der Waals surface area contributed by atoms with Gasteiger partial charge in [-0.2, -0.15) is 0 Å². The Bertz CT molecular complexity index is 858. The van der Waals surface area contributed by atoms with E-state index in [1.165, 1.54) is 24.1 Å². The van der Waals surface area contributed by atoms with Crippen LogP contribution in [0.4, 0.5) is 0 Å². The van der Waals surface area contributed by atoms with Crippen molar-refractivity contribution < 1.29 is 13.5 Å². The van der Waals surface area contributed by atoms with Crippen molar-refractivity contribution in [1.82, 2.24) is 4.72 Å². The summed E-state index contributed by atoms with van der Waals surface area (Å²) in [7, 11) is -3.56. The highest BCUT2D eigenvalue weighted by Crippen LogP contribution is 2.39. The molecule has 28 heavy (non-hydrogen) atoms. The molecule has 0 bridgehead atoms. The summed E-state index contributed by atoms with van der Waals surface area (Å²) in [5.74, 6) is 0. The average Bonchev–Trinajstić information content (AvgIpc) is 2.70. The van der Waals surface area contributed by atoms with Crippen LogP contribution in [0.1, 0.15) is 43.2 Å². The summed E-state index contributed by atoms with van der Waals surface area (Å²) in [5, 5.41) is 9.59. The van der Waals surface area contributed by atoms with Crippen LogP contribution in [0, 0.1) is 5.41 Å². The van der Waals surface area contributed by atoms with Crippen LogP contribution < -0.4 is 4.72 Å². The molecular formula is C22H28ClNO3S. The lowest BCUT2D eigenvalue weighted by Gasteiger charge is -2.37. The molecule has 2 aromatic carbocycles. The van der Waals surface area contributed by atoms with Gasteiger partial charge in [0, 0.05) is 18.2 Å². The lowest BCUT2D eigenvalue weighted by Crippen LogP contribution is -2.40. The second-order valence-electron chi connectivity index (χ2n) is 7.81. The van der Waals surface area contributed by atoms with E-state index in [9.17, 15) is 8.42 Å². The fourth-order valence-electron chi connectivity index (χ4n) is 4.05. The first kappa shape index (κ1) is 21.3. The minimum atomic E-state index is -3.56. The third-order valence-electron chi connectivity index (χ3n) is 5.68. The Hall–Kier alpha value is -1.40. The smallest absolute Gasteiger partial charge is 0.240 e. The zero-order chi connectivity index (χ0) is 20.0. The van der Waals surface area contributed by atoms with E-state index in [0.717, 1.165) is 37.7 Å². The normalized spacial score (nSPS) is 16.8. The van der Waals surface area contributed by atoms with E-state index in [0.29, 0.717) is 18.0 Å². The predicted octanol–water partition coefficient (Wildman–Crippen LogP) is 4.35. The maximum absolute atomic E-state index is 12.7. The molecule has 0 spiro atoms. The number of benzene rings is 2. The number of halogens is 1. The molecule has 2 aromatic rings. The molecule has 1 aliphatic rings. The second-order valence-corrected chi connectivity index (χ2v) is 10.0. The number of hydrogen-bond acceptors (Lipinski definition) is 3. The molecule has 1 saturated carbocycles. The molecule has 0 radical (unpaired) electrons. The fraction of sp³-hybridized carbons (Fsp3) is 0.455. The monoisotopic (exact) mass is 421 g/mol. The lowest BCUT2D eigenvalue weighted by molar-refractivity contribution is 0.191. The van der Waals surface area contributed by atoms with Gasteiger partial charge in [0.15, 0.2) is 0 Å². The largest absolute Gasteiger partial charge is 0.396 e. The molecule has 152 valence electrons. The van der Waals surface area contributed by atoms with E-state index in [-0.39, 0.29) is 16.9 Å². The van der Waals surface area contributed by atoms with Gasteiger partial charge in [0.05, 0.1) is 4.90 Å². The van der Waals surface area contributed by atoms with Gasteiger partial charge in [0.25, 0.3) is 0 Å². The van der Waals surface area contributed by atoms with Gasteiger partial charge in [-0.15, -0.1) is 0 Å². The fourth-order valence-corrected chi connectivity index (χ4v) is 5.33. The van der Waals surface area contributed by atoms with Crippen molar-refractivity contribution in [1.29, 1.82) is 0 Å². The number of aliphatic hydroxyl groups is 1. The molecule has 1 fully saturated rings. The first-order valence-electron chi connectivity index (χ1n) is 9.86. The van der Waals surface area contributed by atoms with Crippen molar-refractivity contribution in [3.05, 3.63) is 64.7 Å². The van der Waals surface area contributed by atoms with Crippen molar-refractivity contribution in [3.8, 4) is 0 Å². The average molecular weight is 422 g/mol. The Morgan fingerprint density at radius 3 is 2.14 bits per heavy atom. The summed E-state index contributed by atoms with van der Waals surface area (Å²) in [6.45, 7) is 0.589. The highest BCUT2D eigenvalue weighted by Gasteiger charge is 2.33. The third kappa shape index (κ3) is 5.57. The minimum Gasteiger partial charge on any atom is -0.396 e. The van der Waals surface area contributed by atoms with Crippen molar-refractivity contribution in [2.24, 2.45) is 5.41 Å². The van der Waals surface area contributed by atoms with Gasteiger partial charge in [-0.05, 0) is 66.5 Å². The van der Waals surface area contributed by atoms with E-state index >= 15 is 0 Å². The predicted molar refractivity (Wildman–Crippen MR) is 113 cm³/mol. The molecule has 0 aliphatic heterocycles. The molecule has 0 atom stereocenters. The summed E-state index contributed by atoms with van der Waals surface area (Å²) < 4.78 is 28.3. The first-order chi connectivity index (χ1) is 13.4. The van der Waals surface area contributed by atoms with Crippen molar-refractivity contribution >= 4 is 21.6 Å². The van der Waals surface area contributed by atoms with Crippen molar-refractivity contribution in [3.63, 3.8) is 0 Å². The summed E-state index contributed by atoms with van der Waals surface area (Å²) in [6.07, 6.45) is 7.03. The highest BCUT2D eigenvalue weighted by molar-refractivity contribution is 7.89. The molecule has 2 N–H and O–H groups in total. The van der Waals surface area contributed by atoms with Gasteiger partial charge in [-0.3, -0.25) is 0 Å². The van der Waals surface area contributed by atoms with E-state index in [1.54, 1.807) is 12.1 Å². The highest BCUT2D eigenvalue weighted by atomic mass is 35.5. The number of nitrogens with one attached hydrogen (secondary N) is 1. The van der Waals surface area contributed by atoms with Crippen LogP contribution in [0.15, 0.2) is 53.4 Å². The van der Waals surface area contributed by atoms with E-state index in [4.69, 9.17) is 16.7 Å². The molecule has 1 aliphatic carbocycles. The maximum atomic E-state index is 12.7. The van der Waals surface area contributed by atoms with Crippen molar-refractivity contribution in [2.75, 3.05) is 13.2 Å². The summed E-state index contributed by atoms with van der Waals surface area (Å²) in [4.78, 5) is 0.246. The number of rotatable bonds is 8. The molecule has 0 aromatic heterocycles. The zero-order valence-electron chi connectivity index (χ0n) is 16.0. The van der Waals surface area contributed by atoms with Gasteiger partial charge in [-0.1, -0.05) is 55.1 Å².